The monoisotopic (exact) mass is 234 g/mol. The van der Waals surface area contributed by atoms with E-state index in [1.165, 1.54) is 18.2 Å². The van der Waals surface area contributed by atoms with Crippen LogP contribution in [0.5, 0.6) is 5.95 Å². The van der Waals surface area contributed by atoms with E-state index in [9.17, 15) is 14.7 Å². The first-order valence-corrected chi connectivity index (χ1v) is 5.07. The number of ether oxygens (including phenoxy) is 1. The summed E-state index contributed by atoms with van der Waals surface area (Å²) in [5.41, 5.74) is -0.582. The zero-order chi connectivity index (χ0) is 12.4. The number of rotatable bonds is 2. The Labute approximate surface area is 96.2 Å². The van der Waals surface area contributed by atoms with Crippen molar-refractivity contribution in [3.8, 4) is 5.95 Å². The van der Waals surface area contributed by atoms with Gasteiger partial charge < -0.3 is 14.3 Å². The average molecular weight is 234 g/mol. The van der Waals surface area contributed by atoms with Crippen LogP contribution in [0.15, 0.2) is 33.5 Å². The van der Waals surface area contributed by atoms with E-state index in [2.05, 4.69) is 0 Å². The Bertz CT molecular complexity index is 626. The standard InChI is InChI=1S/C12H10O5/c1-2-16-11(14)9-7-5-3-4-6-8(13)10(7)17-12(9)15/h3-6,15H,2H2,1H3. The van der Waals surface area contributed by atoms with Crippen LogP contribution in [-0.2, 0) is 4.74 Å². The van der Waals surface area contributed by atoms with Gasteiger partial charge >= 0.3 is 5.97 Å². The third-order valence-electron chi connectivity index (χ3n) is 2.25. The molecular formula is C12H10O5. The summed E-state index contributed by atoms with van der Waals surface area (Å²) in [7, 11) is 0. The maximum absolute atomic E-state index is 11.6. The molecule has 88 valence electrons. The maximum Gasteiger partial charge on any atom is 0.346 e. The number of hydrogen-bond acceptors (Lipinski definition) is 5. The van der Waals surface area contributed by atoms with Gasteiger partial charge in [0, 0.05) is 5.39 Å². The van der Waals surface area contributed by atoms with Crippen LogP contribution >= 0.6 is 0 Å². The fourth-order valence-electron chi connectivity index (χ4n) is 1.54. The molecule has 0 aliphatic carbocycles. The van der Waals surface area contributed by atoms with Gasteiger partial charge in [0.05, 0.1) is 6.61 Å². The van der Waals surface area contributed by atoms with Crippen LogP contribution in [0.3, 0.4) is 0 Å². The molecule has 0 atom stereocenters. The van der Waals surface area contributed by atoms with Gasteiger partial charge in [0.1, 0.15) is 0 Å². The molecule has 0 spiro atoms. The highest BCUT2D eigenvalue weighted by Gasteiger charge is 2.22. The van der Waals surface area contributed by atoms with Crippen LogP contribution < -0.4 is 5.43 Å². The highest BCUT2D eigenvalue weighted by molar-refractivity contribution is 6.05. The Hall–Kier alpha value is -2.30. The highest BCUT2D eigenvalue weighted by atomic mass is 16.5. The van der Waals surface area contributed by atoms with E-state index in [1.807, 2.05) is 0 Å². The van der Waals surface area contributed by atoms with Crippen molar-refractivity contribution in [1.82, 2.24) is 0 Å². The molecule has 2 rings (SSSR count). The number of fused-ring (bicyclic) bond motifs is 1. The van der Waals surface area contributed by atoms with Crippen molar-refractivity contribution in [1.29, 1.82) is 0 Å². The number of hydrogen-bond donors (Lipinski definition) is 1. The topological polar surface area (TPSA) is 76.7 Å². The van der Waals surface area contributed by atoms with Crippen molar-refractivity contribution in [2.45, 2.75) is 6.92 Å². The number of carbonyl (C=O) groups excluding carboxylic acids is 1. The van der Waals surface area contributed by atoms with Gasteiger partial charge in [-0.15, -0.1) is 0 Å². The van der Waals surface area contributed by atoms with Crippen LogP contribution in [0, 0.1) is 0 Å². The quantitative estimate of drug-likeness (QED) is 0.800. The Morgan fingerprint density at radius 1 is 1.41 bits per heavy atom. The molecule has 0 saturated carbocycles. The second kappa shape index (κ2) is 4.29. The van der Waals surface area contributed by atoms with E-state index < -0.39 is 17.3 Å². The van der Waals surface area contributed by atoms with Crippen molar-refractivity contribution in [2.75, 3.05) is 6.61 Å². The summed E-state index contributed by atoms with van der Waals surface area (Å²) in [6.45, 7) is 1.82. The van der Waals surface area contributed by atoms with Gasteiger partial charge in [-0.25, -0.2) is 4.79 Å². The number of furan rings is 1. The smallest absolute Gasteiger partial charge is 0.346 e. The highest BCUT2D eigenvalue weighted by Crippen LogP contribution is 2.28. The summed E-state index contributed by atoms with van der Waals surface area (Å²) >= 11 is 0. The molecule has 5 nitrogen and oxygen atoms in total. The van der Waals surface area contributed by atoms with E-state index in [4.69, 9.17) is 9.15 Å². The predicted octanol–water partition coefficient (Wildman–Crippen LogP) is 1.68. The summed E-state index contributed by atoms with van der Waals surface area (Å²) in [6.07, 6.45) is 0. The molecule has 1 aromatic carbocycles. The van der Waals surface area contributed by atoms with Crippen molar-refractivity contribution in [3.63, 3.8) is 0 Å². The molecule has 0 saturated heterocycles. The van der Waals surface area contributed by atoms with Gasteiger partial charge in [-0.2, -0.15) is 0 Å². The second-order valence-corrected chi connectivity index (χ2v) is 3.33. The molecule has 0 radical (unpaired) electrons. The van der Waals surface area contributed by atoms with Gasteiger partial charge in [-0.05, 0) is 19.1 Å². The molecule has 0 bridgehead atoms. The molecule has 5 heteroatoms. The van der Waals surface area contributed by atoms with Crippen molar-refractivity contribution in [3.05, 3.63) is 40.1 Å². The average Bonchev–Trinajstić information content (AvgIpc) is 2.52. The molecule has 1 N–H and O–H groups in total. The maximum atomic E-state index is 11.6. The molecule has 0 aliphatic rings. The van der Waals surface area contributed by atoms with Gasteiger partial charge in [0.15, 0.2) is 11.1 Å². The molecule has 0 fully saturated rings. The summed E-state index contributed by atoms with van der Waals surface area (Å²) in [4.78, 5) is 23.2. The molecule has 1 aromatic heterocycles. The summed E-state index contributed by atoms with van der Waals surface area (Å²) in [6, 6.07) is 5.93. The third kappa shape index (κ3) is 1.87. The van der Waals surface area contributed by atoms with Crippen LogP contribution in [-0.4, -0.2) is 17.7 Å². The Morgan fingerprint density at radius 2 is 2.12 bits per heavy atom. The minimum absolute atomic E-state index is 0.0597. The molecule has 1 heterocycles. The molecule has 0 amide bonds. The van der Waals surface area contributed by atoms with E-state index in [0.29, 0.717) is 0 Å². The van der Waals surface area contributed by atoms with Crippen LogP contribution in [0.2, 0.25) is 0 Å². The first kappa shape index (κ1) is 11.2. The van der Waals surface area contributed by atoms with Gasteiger partial charge in [-0.3, -0.25) is 4.79 Å². The van der Waals surface area contributed by atoms with Gasteiger partial charge in [-0.1, -0.05) is 12.1 Å². The molecule has 2 aromatic rings. The third-order valence-corrected chi connectivity index (χ3v) is 2.25. The zero-order valence-electron chi connectivity index (χ0n) is 9.10. The zero-order valence-corrected chi connectivity index (χ0v) is 9.10. The van der Waals surface area contributed by atoms with Crippen molar-refractivity contribution in [2.24, 2.45) is 0 Å². The predicted molar refractivity (Wildman–Crippen MR) is 60.1 cm³/mol. The number of carbonyl (C=O) groups is 1. The number of esters is 1. The molecule has 0 aliphatic heterocycles. The van der Waals surface area contributed by atoms with E-state index in [0.717, 1.165) is 0 Å². The lowest BCUT2D eigenvalue weighted by atomic mass is 10.2. The summed E-state index contributed by atoms with van der Waals surface area (Å²) < 4.78 is 9.68. The minimum Gasteiger partial charge on any atom is -0.480 e. The van der Waals surface area contributed by atoms with Crippen molar-refractivity contribution >= 4 is 16.9 Å². The second-order valence-electron chi connectivity index (χ2n) is 3.33. The van der Waals surface area contributed by atoms with Crippen LogP contribution in [0.25, 0.3) is 11.0 Å². The first-order valence-electron chi connectivity index (χ1n) is 5.07. The fraction of sp³-hybridized carbons (Fsp3) is 0.167. The van der Waals surface area contributed by atoms with Gasteiger partial charge in [0.25, 0.3) is 5.95 Å². The lowest BCUT2D eigenvalue weighted by Crippen LogP contribution is -2.04. The minimum atomic E-state index is -0.714. The Morgan fingerprint density at radius 3 is 2.82 bits per heavy atom. The van der Waals surface area contributed by atoms with Crippen LogP contribution in [0.4, 0.5) is 0 Å². The normalized spacial score (nSPS) is 10.4. The molecule has 0 unspecified atom stereocenters. The number of aromatic hydroxyl groups is 1. The van der Waals surface area contributed by atoms with Crippen molar-refractivity contribution < 1.29 is 19.1 Å². The summed E-state index contributed by atoms with van der Waals surface area (Å²) in [5.74, 6) is -1.31. The lowest BCUT2D eigenvalue weighted by molar-refractivity contribution is 0.0522. The van der Waals surface area contributed by atoms with Crippen LogP contribution in [0.1, 0.15) is 17.3 Å². The van der Waals surface area contributed by atoms with E-state index in [-0.39, 0.29) is 23.1 Å². The van der Waals surface area contributed by atoms with E-state index >= 15 is 0 Å². The molecular weight excluding hydrogens is 224 g/mol. The SMILES string of the molecule is CCOC(=O)c1c(O)oc2c(=O)ccccc12. The Balaban J connectivity index is 2.77. The first-order chi connectivity index (χ1) is 8.15. The molecule has 17 heavy (non-hydrogen) atoms. The fourth-order valence-corrected chi connectivity index (χ4v) is 1.54. The van der Waals surface area contributed by atoms with E-state index in [1.54, 1.807) is 13.0 Å². The lowest BCUT2D eigenvalue weighted by Gasteiger charge is -1.98. The Kier molecular flexibility index (Phi) is 2.82. The summed E-state index contributed by atoms with van der Waals surface area (Å²) in [5, 5.41) is 9.78. The van der Waals surface area contributed by atoms with Gasteiger partial charge in [0.2, 0.25) is 5.43 Å². The largest absolute Gasteiger partial charge is 0.480 e.